The molecular weight excluding hydrogens is 509 g/mol. The molecule has 4 rings (SSSR count). The molecule has 1 amide bonds. The Morgan fingerprint density at radius 2 is 2.08 bits per heavy atom. The molecule has 0 radical (unpaired) electrons. The summed E-state index contributed by atoms with van der Waals surface area (Å²) in [5.74, 6) is -0.264. The number of fused-ring (bicyclic) bond motifs is 2. The number of carbonyl (C=O) groups excluding carboxylic acids is 1. The Morgan fingerprint density at radius 1 is 1.32 bits per heavy atom. The molecule has 0 saturated carbocycles. The minimum Gasteiger partial charge on any atom is -0.487 e. The summed E-state index contributed by atoms with van der Waals surface area (Å²) < 4.78 is 52.2. The molecule has 3 aromatic rings. The van der Waals surface area contributed by atoms with Crippen LogP contribution in [0.5, 0.6) is 5.75 Å². The third-order valence-corrected chi connectivity index (χ3v) is 7.07. The molecule has 0 fully saturated rings. The minimum atomic E-state index is -4.67. The van der Waals surface area contributed by atoms with E-state index in [1.807, 2.05) is 36.5 Å². The fourth-order valence-corrected chi connectivity index (χ4v) is 4.99. The first-order valence-electron chi connectivity index (χ1n) is 11.8. The predicted octanol–water partition coefficient (Wildman–Crippen LogP) is 4.94. The average Bonchev–Trinajstić information content (AvgIpc) is 3.14. The van der Waals surface area contributed by atoms with E-state index < -0.39 is 29.6 Å². The van der Waals surface area contributed by atoms with Crippen molar-refractivity contribution >= 4 is 17.7 Å². The Labute approximate surface area is 215 Å². The number of halogens is 3. The molecule has 0 bridgehead atoms. The molecule has 12 heteroatoms. The van der Waals surface area contributed by atoms with Gasteiger partial charge in [0.05, 0.1) is 24.1 Å². The summed E-state index contributed by atoms with van der Waals surface area (Å²) in [6.45, 7) is 4.68. The number of rotatable bonds is 8. The summed E-state index contributed by atoms with van der Waals surface area (Å²) in [5, 5.41) is 6.04. The molecule has 0 spiro atoms. The Bertz CT molecular complexity index is 1340. The minimum absolute atomic E-state index is 0.128. The molecule has 3 heterocycles. The number of nitrogens with zero attached hydrogens (tertiary/aromatic N) is 2. The summed E-state index contributed by atoms with van der Waals surface area (Å²) in [6.07, 6.45) is -2.00. The largest absolute Gasteiger partial charge is 0.487 e. The maximum Gasteiger partial charge on any atom is 0.408 e. The molecule has 37 heavy (non-hydrogen) atoms. The van der Waals surface area contributed by atoms with E-state index in [4.69, 9.17) is 9.26 Å². The lowest BCUT2D eigenvalue weighted by molar-refractivity contribution is -0.149. The van der Waals surface area contributed by atoms with E-state index in [1.54, 1.807) is 18.7 Å². The van der Waals surface area contributed by atoms with Crippen molar-refractivity contribution < 1.29 is 27.2 Å². The number of hydrogen-bond acceptors (Lipinski definition) is 7. The highest BCUT2D eigenvalue weighted by molar-refractivity contribution is 7.98. The van der Waals surface area contributed by atoms with Crippen molar-refractivity contribution in [1.82, 2.24) is 15.1 Å². The molecule has 1 aliphatic heterocycles. The monoisotopic (exact) mass is 536 g/mol. The van der Waals surface area contributed by atoms with Gasteiger partial charge in [-0.15, -0.1) is 11.8 Å². The van der Waals surface area contributed by atoms with Crippen LogP contribution in [-0.2, 0) is 5.75 Å². The summed E-state index contributed by atoms with van der Waals surface area (Å²) in [6, 6.07) is 6.11. The number of carbonyl (C=O) groups is 1. The van der Waals surface area contributed by atoms with Crippen LogP contribution < -0.4 is 20.9 Å². The number of thioether (sulfide) groups is 1. The van der Waals surface area contributed by atoms with E-state index in [1.165, 1.54) is 16.9 Å². The predicted molar refractivity (Wildman–Crippen MR) is 133 cm³/mol. The van der Waals surface area contributed by atoms with Crippen LogP contribution in [0.2, 0.25) is 0 Å². The van der Waals surface area contributed by atoms with Crippen molar-refractivity contribution in [3.05, 3.63) is 75.0 Å². The number of amides is 1. The van der Waals surface area contributed by atoms with Gasteiger partial charge in [-0.1, -0.05) is 36.7 Å². The van der Waals surface area contributed by atoms with Gasteiger partial charge in [0.15, 0.2) is 17.2 Å². The van der Waals surface area contributed by atoms with Gasteiger partial charge in [0.25, 0.3) is 5.91 Å². The number of hydrogen-bond donors (Lipinski definition) is 2. The van der Waals surface area contributed by atoms with Crippen LogP contribution in [0.25, 0.3) is 0 Å². The fourth-order valence-electron chi connectivity index (χ4n) is 3.96. The highest BCUT2D eigenvalue weighted by Crippen LogP contribution is 2.41. The lowest BCUT2D eigenvalue weighted by atomic mass is 9.98. The maximum atomic E-state index is 13.3. The maximum absolute atomic E-state index is 13.3. The molecule has 1 aromatic carbocycles. The molecule has 0 saturated heterocycles. The van der Waals surface area contributed by atoms with E-state index in [2.05, 4.69) is 10.6 Å². The molecule has 2 N–H and O–H groups in total. The topological polar surface area (TPSA) is 98.4 Å². The second kappa shape index (κ2) is 10.9. The number of pyridine rings is 1. The Kier molecular flexibility index (Phi) is 7.86. The first-order chi connectivity index (χ1) is 17.6. The van der Waals surface area contributed by atoms with Crippen molar-refractivity contribution in [3.63, 3.8) is 0 Å². The number of unbranched alkanes of at least 4 members (excludes halogenated alkanes) is 1. The van der Waals surface area contributed by atoms with Crippen molar-refractivity contribution in [2.24, 2.45) is 0 Å². The fraction of sp³-hybridized carbons (Fsp3) is 0.400. The zero-order valence-corrected chi connectivity index (χ0v) is 21.3. The summed E-state index contributed by atoms with van der Waals surface area (Å²) in [4.78, 5) is 26.9. The Hall–Kier alpha value is -3.41. The standard InChI is InChI=1S/C25H27F3N4O4S/c1-4-5-12-35-23-17(33)10-11-32(22(23)24(34)29-15(3)25(26,27)28)30-21-16-8-6-7-9-19(16)37-13-18-20(21)14(2)31-36-18/h6-11,15,21,30H,4-5,12-13H2,1-3H3,(H,29,34)/t15-,21?/m1/s1. The van der Waals surface area contributed by atoms with E-state index in [9.17, 15) is 22.8 Å². The highest BCUT2D eigenvalue weighted by atomic mass is 32.2. The summed E-state index contributed by atoms with van der Waals surface area (Å²) >= 11 is 1.56. The highest BCUT2D eigenvalue weighted by Gasteiger charge is 2.38. The van der Waals surface area contributed by atoms with Gasteiger partial charge >= 0.3 is 6.18 Å². The number of ether oxygens (including phenoxy) is 1. The first kappa shape index (κ1) is 26.6. The molecule has 2 atom stereocenters. The van der Waals surface area contributed by atoms with Gasteiger partial charge in [-0.25, -0.2) is 0 Å². The molecule has 198 valence electrons. The van der Waals surface area contributed by atoms with Gasteiger partial charge in [0, 0.05) is 22.7 Å². The number of aromatic nitrogens is 2. The number of benzene rings is 1. The SMILES string of the molecule is CCCCOc1c(C(=O)N[C@H](C)C(F)(F)F)n(NC2c3ccccc3SCc3onc(C)c32)ccc1=O. The number of alkyl halides is 3. The van der Waals surface area contributed by atoms with Crippen molar-refractivity contribution in [1.29, 1.82) is 0 Å². The van der Waals surface area contributed by atoms with Crippen LogP contribution in [0.15, 0.2) is 50.7 Å². The van der Waals surface area contributed by atoms with Crippen molar-refractivity contribution in [2.45, 2.75) is 62.5 Å². The molecule has 1 aliphatic rings. The van der Waals surface area contributed by atoms with Gasteiger partial charge < -0.3 is 20.0 Å². The Morgan fingerprint density at radius 3 is 2.81 bits per heavy atom. The molecule has 2 aromatic heterocycles. The second-order valence-electron chi connectivity index (χ2n) is 8.66. The first-order valence-corrected chi connectivity index (χ1v) is 12.8. The third-order valence-electron chi connectivity index (χ3n) is 5.98. The Balaban J connectivity index is 1.83. The van der Waals surface area contributed by atoms with E-state index in [0.717, 1.165) is 29.4 Å². The van der Waals surface area contributed by atoms with Crippen LogP contribution in [0, 0.1) is 6.92 Å². The van der Waals surface area contributed by atoms with Crippen LogP contribution in [0.4, 0.5) is 13.2 Å². The summed E-state index contributed by atoms with van der Waals surface area (Å²) in [5.41, 5.74) is 4.49. The van der Waals surface area contributed by atoms with Gasteiger partial charge in [0.2, 0.25) is 5.43 Å². The van der Waals surface area contributed by atoms with Crippen molar-refractivity contribution in [2.75, 3.05) is 12.0 Å². The number of nitrogens with one attached hydrogen (secondary N) is 2. The van der Waals surface area contributed by atoms with Gasteiger partial charge in [-0.05, 0) is 31.9 Å². The molecule has 8 nitrogen and oxygen atoms in total. The molecular formula is C25H27F3N4O4S. The van der Waals surface area contributed by atoms with E-state index in [0.29, 0.717) is 23.6 Å². The third kappa shape index (κ3) is 5.63. The average molecular weight is 537 g/mol. The zero-order valence-electron chi connectivity index (χ0n) is 20.5. The van der Waals surface area contributed by atoms with Crippen LogP contribution in [0.1, 0.15) is 65.8 Å². The lowest BCUT2D eigenvalue weighted by Gasteiger charge is -2.26. The quantitative estimate of drug-likeness (QED) is 0.394. The number of aryl methyl sites for hydroxylation is 1. The zero-order chi connectivity index (χ0) is 26.7. The van der Waals surface area contributed by atoms with Crippen LogP contribution >= 0.6 is 11.8 Å². The normalized spacial score (nSPS) is 15.8. The van der Waals surface area contributed by atoms with Crippen LogP contribution in [-0.4, -0.2) is 34.6 Å². The van der Waals surface area contributed by atoms with Gasteiger partial charge in [0.1, 0.15) is 6.04 Å². The van der Waals surface area contributed by atoms with E-state index in [-0.39, 0.29) is 18.1 Å². The van der Waals surface area contributed by atoms with E-state index >= 15 is 0 Å². The lowest BCUT2D eigenvalue weighted by Crippen LogP contribution is -2.45. The van der Waals surface area contributed by atoms with Crippen molar-refractivity contribution in [3.8, 4) is 5.75 Å². The van der Waals surface area contributed by atoms with Gasteiger partial charge in [-0.2, -0.15) is 13.2 Å². The molecule has 0 aliphatic carbocycles. The van der Waals surface area contributed by atoms with Gasteiger partial charge in [-0.3, -0.25) is 14.3 Å². The molecule has 1 unspecified atom stereocenters. The summed E-state index contributed by atoms with van der Waals surface area (Å²) in [7, 11) is 0. The smallest absolute Gasteiger partial charge is 0.408 e. The second-order valence-corrected chi connectivity index (χ2v) is 9.68. The van der Waals surface area contributed by atoms with Crippen LogP contribution in [0.3, 0.4) is 0 Å².